The van der Waals surface area contributed by atoms with Gasteiger partial charge >= 0.3 is 16.3 Å². The molecule has 178 valence electrons. The Bertz CT molecular complexity index is 1040. The van der Waals surface area contributed by atoms with Crippen LogP contribution in [0.5, 0.6) is 0 Å². The van der Waals surface area contributed by atoms with Crippen LogP contribution in [0.15, 0.2) is 30.5 Å². The molecule has 0 saturated carbocycles. The van der Waals surface area contributed by atoms with Crippen molar-refractivity contribution in [2.24, 2.45) is 5.41 Å². The zero-order valence-corrected chi connectivity index (χ0v) is 20.5. The SMILES string of the molecule is CN(C)CCc1cn(S(=O)(=O)OCC(C)(C)C(=O)OC2CCN(C)CC2)c2ccccc12. The Kier molecular flexibility index (Phi) is 7.65. The molecule has 1 aromatic carbocycles. The Labute approximate surface area is 191 Å². The van der Waals surface area contributed by atoms with Gasteiger partial charge in [0.15, 0.2) is 0 Å². The third kappa shape index (κ3) is 5.89. The summed E-state index contributed by atoms with van der Waals surface area (Å²) in [7, 11) is 1.87. The quantitative estimate of drug-likeness (QED) is 0.527. The largest absolute Gasteiger partial charge is 0.462 e. The van der Waals surface area contributed by atoms with Crippen LogP contribution in [0.25, 0.3) is 10.9 Å². The van der Waals surface area contributed by atoms with Crippen LogP contribution in [-0.4, -0.2) is 81.6 Å². The molecule has 32 heavy (non-hydrogen) atoms. The number of hydrogen-bond donors (Lipinski definition) is 0. The molecule has 0 amide bonds. The van der Waals surface area contributed by atoms with Crippen molar-refractivity contribution in [2.75, 3.05) is 47.4 Å². The Balaban J connectivity index is 1.71. The number of rotatable bonds is 9. The van der Waals surface area contributed by atoms with E-state index in [0.29, 0.717) is 11.9 Å². The first kappa shape index (κ1) is 24.7. The first-order valence-electron chi connectivity index (χ1n) is 11.0. The lowest BCUT2D eigenvalue weighted by molar-refractivity contribution is -0.163. The predicted molar refractivity (Wildman–Crippen MR) is 125 cm³/mol. The van der Waals surface area contributed by atoms with Crippen LogP contribution >= 0.6 is 0 Å². The molecule has 0 spiro atoms. The molecule has 0 N–H and O–H groups in total. The van der Waals surface area contributed by atoms with E-state index in [1.807, 2.05) is 33.3 Å². The van der Waals surface area contributed by atoms with Crippen molar-refractivity contribution in [1.29, 1.82) is 0 Å². The van der Waals surface area contributed by atoms with Crippen molar-refractivity contribution in [2.45, 2.75) is 39.2 Å². The number of fused-ring (bicyclic) bond motifs is 1. The first-order valence-corrected chi connectivity index (χ1v) is 12.4. The molecule has 1 aliphatic rings. The molecule has 9 heteroatoms. The molecule has 0 atom stereocenters. The van der Waals surface area contributed by atoms with E-state index < -0.39 is 21.7 Å². The fraction of sp³-hybridized carbons (Fsp3) is 0.609. The molecule has 0 radical (unpaired) electrons. The minimum absolute atomic E-state index is 0.137. The second-order valence-electron chi connectivity index (χ2n) is 9.53. The highest BCUT2D eigenvalue weighted by Gasteiger charge is 2.35. The van der Waals surface area contributed by atoms with Gasteiger partial charge in [-0.15, -0.1) is 0 Å². The topological polar surface area (TPSA) is 81.1 Å². The monoisotopic (exact) mass is 465 g/mol. The van der Waals surface area contributed by atoms with Crippen molar-refractivity contribution < 1.29 is 22.1 Å². The summed E-state index contributed by atoms with van der Waals surface area (Å²) in [5.74, 6) is -0.439. The van der Waals surface area contributed by atoms with Crippen LogP contribution in [0, 0.1) is 5.41 Å². The number of benzene rings is 1. The average molecular weight is 466 g/mol. The maximum absolute atomic E-state index is 13.1. The Morgan fingerprint density at radius 3 is 2.50 bits per heavy atom. The van der Waals surface area contributed by atoms with Crippen LogP contribution in [0.1, 0.15) is 32.3 Å². The van der Waals surface area contributed by atoms with Gasteiger partial charge in [0.2, 0.25) is 0 Å². The summed E-state index contributed by atoms with van der Waals surface area (Å²) < 4.78 is 38.3. The summed E-state index contributed by atoms with van der Waals surface area (Å²) in [6.45, 7) is 5.55. The van der Waals surface area contributed by atoms with E-state index in [0.717, 1.165) is 43.4 Å². The summed E-state index contributed by atoms with van der Waals surface area (Å²) >= 11 is 0. The van der Waals surface area contributed by atoms with Crippen LogP contribution in [0.4, 0.5) is 0 Å². The fourth-order valence-corrected chi connectivity index (χ4v) is 4.91. The van der Waals surface area contributed by atoms with Crippen molar-refractivity contribution in [3.8, 4) is 0 Å². The van der Waals surface area contributed by atoms with Gasteiger partial charge in [-0.3, -0.25) is 8.98 Å². The van der Waals surface area contributed by atoms with E-state index >= 15 is 0 Å². The van der Waals surface area contributed by atoms with E-state index in [2.05, 4.69) is 9.80 Å². The average Bonchev–Trinajstić information content (AvgIpc) is 3.12. The van der Waals surface area contributed by atoms with E-state index in [9.17, 15) is 13.2 Å². The Morgan fingerprint density at radius 2 is 1.84 bits per heavy atom. The van der Waals surface area contributed by atoms with E-state index in [4.69, 9.17) is 8.92 Å². The van der Waals surface area contributed by atoms with Gasteiger partial charge in [-0.1, -0.05) is 18.2 Å². The number of nitrogens with zero attached hydrogens (tertiary/aromatic N) is 3. The number of carbonyl (C=O) groups excluding carboxylic acids is 1. The number of piperidine rings is 1. The molecule has 1 fully saturated rings. The Morgan fingerprint density at radius 1 is 1.19 bits per heavy atom. The highest BCUT2D eigenvalue weighted by molar-refractivity contribution is 7.85. The molecule has 0 aliphatic carbocycles. The van der Waals surface area contributed by atoms with E-state index in [1.54, 1.807) is 32.2 Å². The minimum atomic E-state index is -4.12. The summed E-state index contributed by atoms with van der Waals surface area (Å²) in [5.41, 5.74) is 0.406. The van der Waals surface area contributed by atoms with Crippen LogP contribution in [0.3, 0.4) is 0 Å². The molecule has 2 aromatic rings. The first-order chi connectivity index (χ1) is 15.0. The standard InChI is InChI=1S/C23H35N3O5S/c1-23(2,22(27)31-19-11-14-25(5)15-12-19)17-30-32(28,29)26-16-18(10-13-24(3)4)20-8-6-7-9-21(20)26/h6-9,16,19H,10-15,17H2,1-5H3. The maximum atomic E-state index is 13.1. The Hall–Kier alpha value is -1.94. The van der Waals surface area contributed by atoms with Gasteiger partial charge in [0.05, 0.1) is 17.5 Å². The second-order valence-corrected chi connectivity index (χ2v) is 11.0. The van der Waals surface area contributed by atoms with Crippen LogP contribution in [0.2, 0.25) is 0 Å². The number of aromatic nitrogens is 1. The zero-order valence-electron chi connectivity index (χ0n) is 19.7. The van der Waals surface area contributed by atoms with Gasteiger partial charge in [-0.05, 0) is 65.9 Å². The summed E-state index contributed by atoms with van der Waals surface area (Å²) in [4.78, 5) is 17.0. The molecule has 1 aromatic heterocycles. The van der Waals surface area contributed by atoms with E-state index in [1.165, 1.54) is 3.97 Å². The molecule has 2 heterocycles. The molecule has 3 rings (SSSR count). The number of carbonyl (C=O) groups is 1. The van der Waals surface area contributed by atoms with Gasteiger partial charge in [0, 0.05) is 31.2 Å². The second kappa shape index (κ2) is 9.91. The highest BCUT2D eigenvalue weighted by atomic mass is 32.2. The molecule has 1 saturated heterocycles. The third-order valence-corrected chi connectivity index (χ3v) is 7.09. The fourth-order valence-electron chi connectivity index (χ4n) is 3.70. The number of esters is 1. The van der Waals surface area contributed by atoms with Gasteiger partial charge in [0.1, 0.15) is 6.10 Å². The molecule has 0 unspecified atom stereocenters. The van der Waals surface area contributed by atoms with Crippen molar-refractivity contribution in [3.05, 3.63) is 36.0 Å². The lowest BCUT2D eigenvalue weighted by atomic mass is 9.95. The van der Waals surface area contributed by atoms with Gasteiger partial charge in [0.25, 0.3) is 0 Å². The normalized spacial score (nSPS) is 16.7. The molecule has 8 nitrogen and oxygen atoms in total. The smallest absolute Gasteiger partial charge is 0.366 e. The molecular formula is C23H35N3O5S. The number of hydrogen-bond acceptors (Lipinski definition) is 7. The minimum Gasteiger partial charge on any atom is -0.462 e. The highest BCUT2D eigenvalue weighted by Crippen LogP contribution is 2.27. The van der Waals surface area contributed by atoms with Gasteiger partial charge in [-0.2, -0.15) is 8.42 Å². The lowest BCUT2D eigenvalue weighted by Gasteiger charge is -2.31. The molecular weight excluding hydrogens is 430 g/mol. The predicted octanol–water partition coefficient (Wildman–Crippen LogP) is 2.52. The van der Waals surface area contributed by atoms with Crippen LogP contribution < -0.4 is 0 Å². The molecule has 0 bridgehead atoms. The summed E-state index contributed by atoms with van der Waals surface area (Å²) in [6, 6.07) is 7.36. The summed E-state index contributed by atoms with van der Waals surface area (Å²) in [5, 5.41) is 0.877. The number of para-hydroxylation sites is 1. The lowest BCUT2D eigenvalue weighted by Crippen LogP contribution is -2.40. The van der Waals surface area contributed by atoms with Gasteiger partial charge < -0.3 is 14.5 Å². The third-order valence-electron chi connectivity index (χ3n) is 5.89. The van der Waals surface area contributed by atoms with Crippen molar-refractivity contribution >= 4 is 27.2 Å². The maximum Gasteiger partial charge on any atom is 0.366 e. The van der Waals surface area contributed by atoms with Gasteiger partial charge in [-0.25, -0.2) is 3.97 Å². The number of likely N-dealkylation sites (tertiary alicyclic amines) is 1. The van der Waals surface area contributed by atoms with Crippen molar-refractivity contribution in [1.82, 2.24) is 13.8 Å². The number of ether oxygens (including phenoxy) is 1. The van der Waals surface area contributed by atoms with Crippen molar-refractivity contribution in [3.63, 3.8) is 0 Å². The summed E-state index contributed by atoms with van der Waals surface area (Å²) in [6.07, 6.45) is 3.75. The van der Waals surface area contributed by atoms with E-state index in [-0.39, 0.29) is 12.7 Å². The van der Waals surface area contributed by atoms with Crippen LogP contribution in [-0.2, 0) is 30.4 Å². The molecule has 1 aliphatic heterocycles. The zero-order chi connectivity index (χ0) is 23.5. The number of likely N-dealkylation sites (N-methyl/N-ethyl adjacent to an activating group) is 1.